The molecule has 0 fully saturated rings. The minimum absolute atomic E-state index is 0.186. The highest BCUT2D eigenvalue weighted by Crippen LogP contribution is 2.39. The van der Waals surface area contributed by atoms with E-state index in [0.717, 1.165) is 56.4 Å². The Morgan fingerprint density at radius 3 is 2.89 bits per heavy atom. The summed E-state index contributed by atoms with van der Waals surface area (Å²) >= 11 is 0. The molecule has 152 valence electrons. The SMILES string of the molecule is CCNC(=NCCCCn1ccnc1C)NC1CC(C)(C)Oc2ccccc21. The second kappa shape index (κ2) is 9.13. The van der Waals surface area contributed by atoms with Crippen molar-refractivity contribution < 1.29 is 4.74 Å². The van der Waals surface area contributed by atoms with Crippen LogP contribution in [0.15, 0.2) is 41.7 Å². The highest BCUT2D eigenvalue weighted by molar-refractivity contribution is 5.80. The largest absolute Gasteiger partial charge is 0.487 e. The van der Waals surface area contributed by atoms with Crippen molar-refractivity contribution in [3.05, 3.63) is 48.0 Å². The Balaban J connectivity index is 1.59. The molecule has 0 aliphatic carbocycles. The summed E-state index contributed by atoms with van der Waals surface area (Å²) in [6, 6.07) is 8.47. The fourth-order valence-electron chi connectivity index (χ4n) is 3.64. The van der Waals surface area contributed by atoms with Crippen LogP contribution in [0.4, 0.5) is 0 Å². The summed E-state index contributed by atoms with van der Waals surface area (Å²) in [6.07, 6.45) is 6.92. The number of aliphatic imine (C=N–C) groups is 1. The minimum atomic E-state index is -0.202. The molecule has 2 N–H and O–H groups in total. The van der Waals surface area contributed by atoms with Gasteiger partial charge in [0.05, 0.1) is 6.04 Å². The molecule has 1 aromatic carbocycles. The van der Waals surface area contributed by atoms with Crippen LogP contribution in [0.2, 0.25) is 0 Å². The van der Waals surface area contributed by atoms with Crippen molar-refractivity contribution >= 4 is 5.96 Å². The van der Waals surface area contributed by atoms with Gasteiger partial charge in [-0.3, -0.25) is 4.99 Å². The third-order valence-electron chi connectivity index (χ3n) is 5.03. The fourth-order valence-corrected chi connectivity index (χ4v) is 3.64. The van der Waals surface area contributed by atoms with E-state index in [2.05, 4.69) is 53.1 Å². The van der Waals surface area contributed by atoms with Crippen molar-refractivity contribution in [1.82, 2.24) is 20.2 Å². The number of aryl methyl sites for hydroxylation is 2. The molecule has 2 heterocycles. The van der Waals surface area contributed by atoms with Crippen LogP contribution in [-0.4, -0.2) is 34.2 Å². The number of guanidine groups is 1. The van der Waals surface area contributed by atoms with Crippen molar-refractivity contribution in [3.63, 3.8) is 0 Å². The molecule has 3 rings (SSSR count). The van der Waals surface area contributed by atoms with Crippen molar-refractivity contribution in [2.24, 2.45) is 4.99 Å². The van der Waals surface area contributed by atoms with Gasteiger partial charge in [-0.15, -0.1) is 0 Å². The molecule has 0 bridgehead atoms. The number of benzene rings is 1. The molecule has 1 aliphatic heterocycles. The van der Waals surface area contributed by atoms with E-state index in [1.165, 1.54) is 5.56 Å². The summed E-state index contributed by atoms with van der Waals surface area (Å²) in [7, 11) is 0. The number of ether oxygens (including phenoxy) is 1. The second-order valence-electron chi connectivity index (χ2n) is 7.94. The molecule has 2 aromatic rings. The van der Waals surface area contributed by atoms with Gasteiger partial charge in [0.25, 0.3) is 0 Å². The Kier molecular flexibility index (Phi) is 6.60. The van der Waals surface area contributed by atoms with E-state index in [0.29, 0.717) is 0 Å². The van der Waals surface area contributed by atoms with Crippen LogP contribution in [0, 0.1) is 6.92 Å². The summed E-state index contributed by atoms with van der Waals surface area (Å²) in [5.74, 6) is 2.90. The van der Waals surface area contributed by atoms with E-state index in [1.54, 1.807) is 0 Å². The van der Waals surface area contributed by atoms with Crippen LogP contribution in [0.3, 0.4) is 0 Å². The number of para-hydroxylation sites is 1. The van der Waals surface area contributed by atoms with Gasteiger partial charge < -0.3 is 19.9 Å². The molecule has 0 amide bonds. The van der Waals surface area contributed by atoms with Gasteiger partial charge in [0, 0.05) is 44.0 Å². The molecule has 28 heavy (non-hydrogen) atoms. The molecular formula is C22H33N5O. The highest BCUT2D eigenvalue weighted by Gasteiger charge is 2.33. The zero-order chi connectivity index (χ0) is 20.0. The molecule has 0 spiro atoms. The van der Waals surface area contributed by atoms with Gasteiger partial charge in [-0.1, -0.05) is 18.2 Å². The Hall–Kier alpha value is -2.50. The first kappa shape index (κ1) is 20.2. The molecule has 0 saturated heterocycles. The summed E-state index contributed by atoms with van der Waals surface area (Å²) in [5.41, 5.74) is 0.995. The number of aromatic nitrogens is 2. The van der Waals surface area contributed by atoms with E-state index >= 15 is 0 Å². The van der Waals surface area contributed by atoms with Gasteiger partial charge in [-0.25, -0.2) is 4.98 Å². The maximum absolute atomic E-state index is 6.14. The average molecular weight is 384 g/mol. The normalized spacial score (nSPS) is 18.3. The first-order chi connectivity index (χ1) is 13.5. The van der Waals surface area contributed by atoms with E-state index in [9.17, 15) is 0 Å². The summed E-state index contributed by atoms with van der Waals surface area (Å²) in [6.45, 7) is 11.1. The summed E-state index contributed by atoms with van der Waals surface area (Å²) in [5, 5.41) is 7.01. The fraction of sp³-hybridized carbons (Fsp3) is 0.545. The molecule has 1 unspecified atom stereocenters. The summed E-state index contributed by atoms with van der Waals surface area (Å²) < 4.78 is 8.33. The first-order valence-corrected chi connectivity index (χ1v) is 10.3. The lowest BCUT2D eigenvalue weighted by Gasteiger charge is -2.38. The lowest BCUT2D eigenvalue weighted by atomic mass is 9.90. The third-order valence-corrected chi connectivity index (χ3v) is 5.03. The van der Waals surface area contributed by atoms with Gasteiger partial charge >= 0.3 is 0 Å². The maximum Gasteiger partial charge on any atom is 0.191 e. The average Bonchev–Trinajstić information content (AvgIpc) is 3.05. The Bertz CT molecular complexity index is 796. The van der Waals surface area contributed by atoms with Gasteiger partial charge in [-0.05, 0) is 46.6 Å². The van der Waals surface area contributed by atoms with Gasteiger partial charge in [0.2, 0.25) is 0 Å². The quantitative estimate of drug-likeness (QED) is 0.433. The Morgan fingerprint density at radius 1 is 1.32 bits per heavy atom. The molecule has 0 radical (unpaired) electrons. The maximum atomic E-state index is 6.14. The first-order valence-electron chi connectivity index (χ1n) is 10.3. The standard InChI is InChI=1S/C22H33N5O/c1-5-23-21(25-12-8-9-14-27-15-13-24-17(27)2)26-19-16-22(3,4)28-20-11-7-6-10-18(19)20/h6-7,10-11,13,15,19H,5,8-9,12,14,16H2,1-4H3,(H2,23,25,26). The van der Waals surface area contributed by atoms with Crippen LogP contribution in [0.1, 0.15) is 57.5 Å². The minimum Gasteiger partial charge on any atom is -0.487 e. The monoisotopic (exact) mass is 383 g/mol. The lowest BCUT2D eigenvalue weighted by Crippen LogP contribution is -2.45. The Labute approximate surface area is 168 Å². The van der Waals surface area contributed by atoms with Crippen molar-refractivity contribution in [1.29, 1.82) is 0 Å². The second-order valence-corrected chi connectivity index (χ2v) is 7.94. The predicted octanol–water partition coefficient (Wildman–Crippen LogP) is 3.83. The molecular weight excluding hydrogens is 350 g/mol. The van der Waals surface area contributed by atoms with Crippen LogP contribution in [0.25, 0.3) is 0 Å². The van der Waals surface area contributed by atoms with Crippen molar-refractivity contribution in [3.8, 4) is 5.75 Å². The van der Waals surface area contributed by atoms with E-state index in [1.807, 2.05) is 31.5 Å². The van der Waals surface area contributed by atoms with Crippen molar-refractivity contribution in [2.45, 2.75) is 65.1 Å². The number of unbranched alkanes of at least 4 members (excludes halogenated alkanes) is 1. The number of imidazole rings is 1. The van der Waals surface area contributed by atoms with Gasteiger partial charge in [0.15, 0.2) is 5.96 Å². The topological polar surface area (TPSA) is 63.5 Å². The van der Waals surface area contributed by atoms with E-state index < -0.39 is 0 Å². The molecule has 1 atom stereocenters. The van der Waals surface area contributed by atoms with Crippen LogP contribution in [0.5, 0.6) is 5.75 Å². The molecule has 1 aromatic heterocycles. The van der Waals surface area contributed by atoms with Gasteiger partial charge in [-0.2, -0.15) is 0 Å². The number of hydrogen-bond donors (Lipinski definition) is 2. The molecule has 1 aliphatic rings. The molecule has 6 nitrogen and oxygen atoms in total. The number of hydrogen-bond acceptors (Lipinski definition) is 3. The van der Waals surface area contributed by atoms with E-state index in [-0.39, 0.29) is 11.6 Å². The summed E-state index contributed by atoms with van der Waals surface area (Å²) in [4.78, 5) is 9.07. The number of fused-ring (bicyclic) bond motifs is 1. The lowest BCUT2D eigenvalue weighted by molar-refractivity contribution is 0.0694. The van der Waals surface area contributed by atoms with Crippen LogP contribution >= 0.6 is 0 Å². The zero-order valence-electron chi connectivity index (χ0n) is 17.5. The third kappa shape index (κ3) is 5.27. The van der Waals surface area contributed by atoms with Crippen LogP contribution < -0.4 is 15.4 Å². The highest BCUT2D eigenvalue weighted by atomic mass is 16.5. The predicted molar refractivity (Wildman–Crippen MR) is 114 cm³/mol. The number of nitrogens with zero attached hydrogens (tertiary/aromatic N) is 3. The molecule has 0 saturated carbocycles. The Morgan fingerprint density at radius 2 is 2.14 bits per heavy atom. The zero-order valence-corrected chi connectivity index (χ0v) is 17.5. The smallest absolute Gasteiger partial charge is 0.191 e. The van der Waals surface area contributed by atoms with Gasteiger partial charge in [0.1, 0.15) is 17.2 Å². The number of nitrogens with one attached hydrogen (secondary N) is 2. The molecule has 6 heteroatoms. The number of rotatable bonds is 7. The van der Waals surface area contributed by atoms with Crippen molar-refractivity contribution in [2.75, 3.05) is 13.1 Å². The van der Waals surface area contributed by atoms with E-state index in [4.69, 9.17) is 9.73 Å². The van der Waals surface area contributed by atoms with Crippen LogP contribution in [-0.2, 0) is 6.54 Å².